The molecule has 0 aliphatic heterocycles. The fourth-order valence-corrected chi connectivity index (χ4v) is 2.83. The molecule has 1 aliphatic carbocycles. The summed E-state index contributed by atoms with van der Waals surface area (Å²) in [5, 5.41) is 0.161. The zero-order valence-corrected chi connectivity index (χ0v) is 10.8. The Kier molecular flexibility index (Phi) is 3.07. The number of hydrogen-bond acceptors (Lipinski definition) is 2. The summed E-state index contributed by atoms with van der Waals surface area (Å²) in [6.45, 7) is 0. The molecule has 0 N–H and O–H groups in total. The van der Waals surface area contributed by atoms with E-state index in [9.17, 15) is 9.18 Å². The number of carbonyl (C=O) groups excluding carboxylic acids is 1. The van der Waals surface area contributed by atoms with E-state index in [2.05, 4.69) is 4.98 Å². The summed E-state index contributed by atoms with van der Waals surface area (Å²) in [5.74, 6) is -1.23. The average molecular weight is 276 g/mol. The van der Waals surface area contributed by atoms with E-state index in [0.717, 1.165) is 17.7 Å². The molecule has 1 heterocycles. The zero-order chi connectivity index (χ0) is 13.4. The van der Waals surface area contributed by atoms with Crippen LogP contribution >= 0.6 is 11.6 Å². The van der Waals surface area contributed by atoms with Gasteiger partial charge in [-0.05, 0) is 36.6 Å². The summed E-state index contributed by atoms with van der Waals surface area (Å²) >= 11 is 5.95. The number of fused-ring (bicyclic) bond motifs is 1. The second-order valence-corrected chi connectivity index (χ2v) is 5.01. The van der Waals surface area contributed by atoms with Crippen molar-refractivity contribution in [2.45, 2.75) is 18.8 Å². The van der Waals surface area contributed by atoms with E-state index in [4.69, 9.17) is 11.6 Å². The van der Waals surface area contributed by atoms with E-state index in [0.29, 0.717) is 6.42 Å². The van der Waals surface area contributed by atoms with E-state index >= 15 is 0 Å². The highest BCUT2D eigenvalue weighted by atomic mass is 35.5. The van der Waals surface area contributed by atoms with Crippen molar-refractivity contribution in [2.75, 3.05) is 0 Å². The van der Waals surface area contributed by atoms with E-state index < -0.39 is 5.82 Å². The first-order chi connectivity index (χ1) is 9.18. The molecule has 96 valence electrons. The van der Waals surface area contributed by atoms with Crippen LogP contribution < -0.4 is 0 Å². The molecule has 0 spiro atoms. The Morgan fingerprint density at radius 2 is 2.16 bits per heavy atom. The van der Waals surface area contributed by atoms with Crippen molar-refractivity contribution in [3.8, 4) is 0 Å². The van der Waals surface area contributed by atoms with E-state index in [-0.39, 0.29) is 22.3 Å². The lowest BCUT2D eigenvalue weighted by Crippen LogP contribution is -2.13. The third-order valence-corrected chi connectivity index (χ3v) is 3.80. The highest BCUT2D eigenvalue weighted by Gasteiger charge is 2.32. The van der Waals surface area contributed by atoms with Crippen LogP contribution in [-0.4, -0.2) is 10.8 Å². The van der Waals surface area contributed by atoms with Gasteiger partial charge in [0.2, 0.25) is 0 Å². The minimum atomic E-state index is -0.568. The molecule has 2 nitrogen and oxygen atoms in total. The number of rotatable bonds is 2. The highest BCUT2D eigenvalue weighted by molar-refractivity contribution is 6.34. The predicted molar refractivity (Wildman–Crippen MR) is 71.0 cm³/mol. The quantitative estimate of drug-likeness (QED) is 0.781. The summed E-state index contributed by atoms with van der Waals surface area (Å²) in [7, 11) is 0. The molecule has 1 unspecified atom stereocenters. The number of halogens is 2. The maximum absolute atomic E-state index is 13.8. The topological polar surface area (TPSA) is 30.0 Å². The van der Waals surface area contributed by atoms with Crippen molar-refractivity contribution in [1.82, 2.24) is 4.98 Å². The van der Waals surface area contributed by atoms with Crippen LogP contribution in [0.3, 0.4) is 0 Å². The van der Waals surface area contributed by atoms with Gasteiger partial charge in [0.1, 0.15) is 5.82 Å². The summed E-state index contributed by atoms with van der Waals surface area (Å²) in [5.41, 5.74) is 1.80. The number of aromatic nitrogens is 1. The zero-order valence-electron chi connectivity index (χ0n) is 10.1. The van der Waals surface area contributed by atoms with Gasteiger partial charge in [-0.25, -0.2) is 4.39 Å². The van der Waals surface area contributed by atoms with E-state index in [1.165, 1.54) is 18.2 Å². The standard InChI is InChI=1S/C15H11ClFNO/c16-11-4-1-5-12(17)13(11)15(19)10-7-6-9-3-2-8-18-14(9)10/h1-5,8,10H,6-7H2. The summed E-state index contributed by atoms with van der Waals surface area (Å²) in [6.07, 6.45) is 3.12. The molecule has 19 heavy (non-hydrogen) atoms. The lowest BCUT2D eigenvalue weighted by Gasteiger charge is -2.11. The van der Waals surface area contributed by atoms with Gasteiger partial charge in [0.25, 0.3) is 0 Å². The summed E-state index contributed by atoms with van der Waals surface area (Å²) in [4.78, 5) is 16.7. The second kappa shape index (κ2) is 4.74. The number of hydrogen-bond donors (Lipinski definition) is 0. The lowest BCUT2D eigenvalue weighted by atomic mass is 9.95. The Balaban J connectivity index is 2.03. The van der Waals surface area contributed by atoms with E-state index in [1.807, 2.05) is 12.1 Å². The first-order valence-corrected chi connectivity index (χ1v) is 6.48. The molecule has 3 rings (SSSR count). The molecule has 0 saturated heterocycles. The molecule has 0 fully saturated rings. The summed E-state index contributed by atoms with van der Waals surface area (Å²) in [6, 6.07) is 8.09. The number of nitrogens with zero attached hydrogens (tertiary/aromatic N) is 1. The van der Waals surface area contributed by atoms with Gasteiger partial charge in [-0.15, -0.1) is 0 Å². The molecule has 1 atom stereocenters. The monoisotopic (exact) mass is 275 g/mol. The predicted octanol–water partition coefficient (Wildman–Crippen LogP) is 3.79. The molecule has 1 aromatic carbocycles. The van der Waals surface area contributed by atoms with Crippen LogP contribution in [0.15, 0.2) is 36.5 Å². The van der Waals surface area contributed by atoms with Crippen LogP contribution in [0.1, 0.15) is 34.0 Å². The Morgan fingerprint density at radius 1 is 1.32 bits per heavy atom. The van der Waals surface area contributed by atoms with Gasteiger partial charge in [-0.3, -0.25) is 9.78 Å². The average Bonchev–Trinajstić information content (AvgIpc) is 2.82. The van der Waals surface area contributed by atoms with Crippen LogP contribution in [0.4, 0.5) is 4.39 Å². The second-order valence-electron chi connectivity index (χ2n) is 4.60. The maximum atomic E-state index is 13.8. The third-order valence-electron chi connectivity index (χ3n) is 3.48. The molecular weight excluding hydrogens is 265 g/mol. The SMILES string of the molecule is O=C(c1c(F)cccc1Cl)C1CCc2cccnc21. The van der Waals surface area contributed by atoms with Crippen LogP contribution in [0.2, 0.25) is 5.02 Å². The Hall–Kier alpha value is -1.74. The van der Waals surface area contributed by atoms with E-state index in [1.54, 1.807) is 6.20 Å². The number of Topliss-reactive ketones (excluding diaryl/α,β-unsaturated/α-hetero) is 1. The number of pyridine rings is 1. The number of aryl methyl sites for hydroxylation is 1. The number of carbonyl (C=O) groups is 1. The summed E-state index contributed by atoms with van der Waals surface area (Å²) < 4.78 is 13.8. The van der Waals surface area contributed by atoms with Crippen molar-refractivity contribution in [2.24, 2.45) is 0 Å². The molecule has 0 bridgehead atoms. The van der Waals surface area contributed by atoms with Crippen molar-refractivity contribution < 1.29 is 9.18 Å². The van der Waals surface area contributed by atoms with Crippen LogP contribution in [0.25, 0.3) is 0 Å². The first kappa shape index (κ1) is 12.3. The maximum Gasteiger partial charge on any atom is 0.176 e. The molecule has 0 saturated carbocycles. The van der Waals surface area contributed by atoms with Gasteiger partial charge in [0.15, 0.2) is 5.78 Å². The van der Waals surface area contributed by atoms with Crippen molar-refractivity contribution in [3.63, 3.8) is 0 Å². The molecule has 1 aromatic heterocycles. The highest BCUT2D eigenvalue weighted by Crippen LogP contribution is 2.35. The van der Waals surface area contributed by atoms with Crippen LogP contribution in [-0.2, 0) is 6.42 Å². The molecule has 2 aromatic rings. The van der Waals surface area contributed by atoms with Crippen LogP contribution in [0.5, 0.6) is 0 Å². The number of ketones is 1. The van der Waals surface area contributed by atoms with Gasteiger partial charge < -0.3 is 0 Å². The van der Waals surface area contributed by atoms with Gasteiger partial charge in [0, 0.05) is 6.20 Å². The largest absolute Gasteiger partial charge is 0.293 e. The fraction of sp³-hybridized carbons (Fsp3) is 0.200. The third kappa shape index (κ3) is 2.04. The minimum absolute atomic E-state index is 0.0207. The van der Waals surface area contributed by atoms with Crippen molar-refractivity contribution in [3.05, 3.63) is 64.2 Å². The molecule has 4 heteroatoms. The smallest absolute Gasteiger partial charge is 0.176 e. The molecule has 0 amide bonds. The minimum Gasteiger partial charge on any atom is -0.293 e. The van der Waals surface area contributed by atoms with Crippen LogP contribution in [0, 0.1) is 5.82 Å². The normalized spacial score (nSPS) is 17.3. The Labute approximate surface area is 115 Å². The van der Waals surface area contributed by atoms with Gasteiger partial charge in [-0.1, -0.05) is 23.7 Å². The lowest BCUT2D eigenvalue weighted by molar-refractivity contribution is 0.0954. The van der Waals surface area contributed by atoms with Crippen molar-refractivity contribution in [1.29, 1.82) is 0 Å². The molecule has 0 radical (unpaired) electrons. The molecular formula is C15H11ClFNO. The van der Waals surface area contributed by atoms with Gasteiger partial charge in [0.05, 0.1) is 22.2 Å². The molecule has 1 aliphatic rings. The Bertz CT molecular complexity index is 636. The Morgan fingerprint density at radius 3 is 2.95 bits per heavy atom. The fourth-order valence-electron chi connectivity index (χ4n) is 2.58. The van der Waals surface area contributed by atoms with Gasteiger partial charge in [-0.2, -0.15) is 0 Å². The first-order valence-electron chi connectivity index (χ1n) is 6.10. The number of benzene rings is 1. The van der Waals surface area contributed by atoms with Gasteiger partial charge >= 0.3 is 0 Å². The van der Waals surface area contributed by atoms with Crippen molar-refractivity contribution >= 4 is 17.4 Å².